The van der Waals surface area contributed by atoms with Crippen LogP contribution in [0.15, 0.2) is 12.1 Å². The van der Waals surface area contributed by atoms with E-state index >= 15 is 0 Å². The molecule has 0 bridgehead atoms. The molecule has 0 unspecified atom stereocenters. The lowest BCUT2D eigenvalue weighted by Crippen LogP contribution is -1.99. The third-order valence-electron chi connectivity index (χ3n) is 7.72. The Bertz CT molecular complexity index is 626. The van der Waals surface area contributed by atoms with Gasteiger partial charge in [0.15, 0.2) is 0 Å². The first-order valence-electron chi connectivity index (χ1n) is 12.0. The highest BCUT2D eigenvalue weighted by atomic mass is 16.3. The average Bonchev–Trinajstić information content (AvgIpc) is 3.58. The molecule has 0 spiro atoms. The number of phenolic OH excluding ortho intramolecular Hbond substituents is 2. The standard InChI is InChI=1S/C26H42O2/c1-3-26(17-18-26)14-10-5-4-7-11-21-19-22(27)20-24(28)23(21)12-8-6-9-13-25(2)15-16-25/h19-20,27-28H,3-18H2,1-2H3. The van der Waals surface area contributed by atoms with Crippen molar-refractivity contribution in [2.75, 3.05) is 0 Å². The third-order valence-corrected chi connectivity index (χ3v) is 7.72. The predicted octanol–water partition coefficient (Wildman–Crippen LogP) is 7.68. The first kappa shape index (κ1) is 21.5. The molecular formula is C26H42O2. The Morgan fingerprint density at radius 3 is 2.11 bits per heavy atom. The second-order valence-corrected chi connectivity index (χ2v) is 10.2. The van der Waals surface area contributed by atoms with Crippen molar-refractivity contribution in [2.24, 2.45) is 10.8 Å². The van der Waals surface area contributed by atoms with Crippen molar-refractivity contribution in [3.05, 3.63) is 23.3 Å². The van der Waals surface area contributed by atoms with Crippen LogP contribution in [0.2, 0.25) is 0 Å². The Kier molecular flexibility index (Phi) is 7.34. The van der Waals surface area contributed by atoms with Gasteiger partial charge in [0.25, 0.3) is 0 Å². The van der Waals surface area contributed by atoms with E-state index in [1.165, 1.54) is 88.7 Å². The van der Waals surface area contributed by atoms with E-state index in [0.29, 0.717) is 11.2 Å². The highest BCUT2D eigenvalue weighted by molar-refractivity contribution is 5.45. The number of hydrogen-bond donors (Lipinski definition) is 2. The third kappa shape index (κ3) is 6.42. The summed E-state index contributed by atoms with van der Waals surface area (Å²) in [6, 6.07) is 3.40. The van der Waals surface area contributed by atoms with Crippen LogP contribution in [-0.4, -0.2) is 10.2 Å². The van der Waals surface area contributed by atoms with Crippen LogP contribution < -0.4 is 0 Å². The van der Waals surface area contributed by atoms with E-state index in [0.717, 1.165) is 36.7 Å². The molecule has 1 aromatic carbocycles. The van der Waals surface area contributed by atoms with Crippen LogP contribution in [0.25, 0.3) is 0 Å². The summed E-state index contributed by atoms with van der Waals surface area (Å²) in [5, 5.41) is 20.3. The van der Waals surface area contributed by atoms with E-state index < -0.39 is 0 Å². The van der Waals surface area contributed by atoms with Crippen molar-refractivity contribution in [2.45, 2.75) is 117 Å². The molecule has 2 fully saturated rings. The van der Waals surface area contributed by atoms with Gasteiger partial charge < -0.3 is 10.2 Å². The molecule has 2 saturated carbocycles. The monoisotopic (exact) mass is 386 g/mol. The summed E-state index contributed by atoms with van der Waals surface area (Å²) in [6.45, 7) is 4.75. The summed E-state index contributed by atoms with van der Waals surface area (Å²) >= 11 is 0. The molecule has 0 amide bonds. The number of rotatable bonds is 14. The van der Waals surface area contributed by atoms with Gasteiger partial charge in [0.1, 0.15) is 11.5 Å². The number of hydrogen-bond acceptors (Lipinski definition) is 2. The molecular weight excluding hydrogens is 344 g/mol. The van der Waals surface area contributed by atoms with E-state index in [4.69, 9.17) is 0 Å². The molecule has 3 rings (SSSR count). The summed E-state index contributed by atoms with van der Waals surface area (Å²) in [5.41, 5.74) is 3.63. The molecule has 158 valence electrons. The lowest BCUT2D eigenvalue weighted by atomic mass is 9.93. The van der Waals surface area contributed by atoms with E-state index in [1.807, 2.05) is 6.07 Å². The van der Waals surface area contributed by atoms with Crippen molar-refractivity contribution >= 4 is 0 Å². The smallest absolute Gasteiger partial charge is 0.122 e. The Balaban J connectivity index is 1.38. The minimum atomic E-state index is 0.205. The summed E-state index contributed by atoms with van der Waals surface area (Å²) < 4.78 is 0. The summed E-state index contributed by atoms with van der Waals surface area (Å²) in [6.07, 6.45) is 20.6. The number of unbranched alkanes of at least 4 members (excludes halogenated alkanes) is 5. The lowest BCUT2D eigenvalue weighted by molar-refractivity contribution is 0.419. The zero-order chi connectivity index (χ0) is 20.0. The van der Waals surface area contributed by atoms with Gasteiger partial charge in [-0.3, -0.25) is 0 Å². The lowest BCUT2D eigenvalue weighted by Gasteiger charge is -2.14. The van der Waals surface area contributed by atoms with Gasteiger partial charge in [-0.15, -0.1) is 0 Å². The molecule has 1 aromatic rings. The quantitative estimate of drug-likeness (QED) is 0.322. The van der Waals surface area contributed by atoms with E-state index in [2.05, 4.69) is 13.8 Å². The van der Waals surface area contributed by atoms with Crippen molar-refractivity contribution in [3.8, 4) is 11.5 Å². The second-order valence-electron chi connectivity index (χ2n) is 10.2. The van der Waals surface area contributed by atoms with Gasteiger partial charge >= 0.3 is 0 Å². The number of aromatic hydroxyl groups is 2. The van der Waals surface area contributed by atoms with Gasteiger partial charge in [-0.1, -0.05) is 52.4 Å². The molecule has 0 atom stereocenters. The van der Waals surface area contributed by atoms with Gasteiger partial charge in [0.2, 0.25) is 0 Å². The van der Waals surface area contributed by atoms with Crippen molar-refractivity contribution in [1.29, 1.82) is 0 Å². The van der Waals surface area contributed by atoms with Crippen LogP contribution in [-0.2, 0) is 12.8 Å². The average molecular weight is 387 g/mol. The highest BCUT2D eigenvalue weighted by Crippen LogP contribution is 2.52. The van der Waals surface area contributed by atoms with Crippen LogP contribution in [0, 0.1) is 10.8 Å². The van der Waals surface area contributed by atoms with Crippen LogP contribution >= 0.6 is 0 Å². The molecule has 28 heavy (non-hydrogen) atoms. The number of benzene rings is 1. The van der Waals surface area contributed by atoms with Gasteiger partial charge in [-0.2, -0.15) is 0 Å². The minimum Gasteiger partial charge on any atom is -0.508 e. The molecule has 2 nitrogen and oxygen atoms in total. The largest absolute Gasteiger partial charge is 0.508 e. The fraction of sp³-hybridized carbons (Fsp3) is 0.769. The molecule has 2 heteroatoms. The Labute approximate surface area is 172 Å². The molecule has 0 aliphatic heterocycles. The first-order valence-corrected chi connectivity index (χ1v) is 12.0. The summed E-state index contributed by atoms with van der Waals surface area (Å²) in [5.74, 6) is 0.499. The minimum absolute atomic E-state index is 0.205. The van der Waals surface area contributed by atoms with Gasteiger partial charge in [0, 0.05) is 6.07 Å². The number of phenols is 2. The topological polar surface area (TPSA) is 40.5 Å². The number of aryl methyl sites for hydroxylation is 1. The van der Waals surface area contributed by atoms with Crippen LogP contribution in [0.3, 0.4) is 0 Å². The highest BCUT2D eigenvalue weighted by Gasteiger charge is 2.39. The van der Waals surface area contributed by atoms with Crippen molar-refractivity contribution in [1.82, 2.24) is 0 Å². The summed E-state index contributed by atoms with van der Waals surface area (Å²) in [4.78, 5) is 0. The SMILES string of the molecule is CCC1(CCCCCCc2cc(O)cc(O)c2CCCCCC2(C)CC2)CC1. The van der Waals surface area contributed by atoms with E-state index in [9.17, 15) is 10.2 Å². The molecule has 2 aliphatic rings. The normalized spacial score (nSPS) is 18.9. The van der Waals surface area contributed by atoms with Crippen molar-refractivity contribution in [3.63, 3.8) is 0 Å². The molecule has 0 saturated heterocycles. The predicted molar refractivity (Wildman–Crippen MR) is 118 cm³/mol. The molecule has 2 N–H and O–H groups in total. The van der Waals surface area contributed by atoms with E-state index in [1.54, 1.807) is 0 Å². The Morgan fingerprint density at radius 1 is 0.786 bits per heavy atom. The molecule has 0 heterocycles. The molecule has 2 aliphatic carbocycles. The fourth-order valence-corrected chi connectivity index (χ4v) is 4.83. The Morgan fingerprint density at radius 2 is 1.43 bits per heavy atom. The van der Waals surface area contributed by atoms with Gasteiger partial charge in [-0.05, 0) is 92.2 Å². The van der Waals surface area contributed by atoms with Gasteiger partial charge in [0.05, 0.1) is 0 Å². The van der Waals surface area contributed by atoms with Crippen molar-refractivity contribution < 1.29 is 10.2 Å². The zero-order valence-electron chi connectivity index (χ0n) is 18.4. The fourth-order valence-electron chi connectivity index (χ4n) is 4.83. The zero-order valence-corrected chi connectivity index (χ0v) is 18.4. The molecule has 0 radical (unpaired) electrons. The molecule has 0 aromatic heterocycles. The summed E-state index contributed by atoms with van der Waals surface area (Å²) in [7, 11) is 0. The Hall–Kier alpha value is -1.18. The van der Waals surface area contributed by atoms with E-state index in [-0.39, 0.29) is 5.75 Å². The van der Waals surface area contributed by atoms with Gasteiger partial charge in [-0.25, -0.2) is 0 Å². The maximum absolute atomic E-state index is 10.4. The van der Waals surface area contributed by atoms with Crippen LogP contribution in [0.1, 0.15) is 115 Å². The second kappa shape index (κ2) is 9.55. The maximum atomic E-state index is 10.4. The van der Waals surface area contributed by atoms with Crippen LogP contribution in [0.5, 0.6) is 11.5 Å². The van der Waals surface area contributed by atoms with Crippen LogP contribution in [0.4, 0.5) is 0 Å². The maximum Gasteiger partial charge on any atom is 0.122 e. The first-order chi connectivity index (χ1) is 13.5.